The lowest BCUT2D eigenvalue weighted by Gasteiger charge is -2.25. The summed E-state index contributed by atoms with van der Waals surface area (Å²) >= 11 is 0. The Morgan fingerprint density at radius 2 is 1.67 bits per heavy atom. The number of aliphatic hydroxyl groups excluding tert-OH is 1. The van der Waals surface area contributed by atoms with Crippen molar-refractivity contribution < 1.29 is 5.11 Å². The maximum absolute atomic E-state index is 9.47. The lowest BCUT2D eigenvalue weighted by Crippen LogP contribution is -2.41. The van der Waals surface area contributed by atoms with E-state index in [4.69, 9.17) is 0 Å². The van der Waals surface area contributed by atoms with Gasteiger partial charge in [0.15, 0.2) is 0 Å². The monoisotopic (exact) mass is 127 g/mol. The van der Waals surface area contributed by atoms with Crippen molar-refractivity contribution in [2.75, 3.05) is 13.1 Å². The summed E-state index contributed by atoms with van der Waals surface area (Å²) in [7, 11) is 0. The zero-order chi connectivity index (χ0) is 6.27. The first-order valence-corrected chi connectivity index (χ1v) is 3.76. The highest BCUT2D eigenvalue weighted by Gasteiger charge is 2.37. The topological polar surface area (TPSA) is 32.3 Å². The molecule has 52 valence electrons. The van der Waals surface area contributed by atoms with E-state index < -0.39 is 0 Å². The van der Waals surface area contributed by atoms with Crippen LogP contribution in [0, 0.1) is 11.8 Å². The first-order valence-electron chi connectivity index (χ1n) is 3.76. The van der Waals surface area contributed by atoms with E-state index in [0.717, 1.165) is 13.1 Å². The van der Waals surface area contributed by atoms with Crippen LogP contribution >= 0.6 is 0 Å². The van der Waals surface area contributed by atoms with Gasteiger partial charge in [0, 0.05) is 13.1 Å². The number of rotatable bonds is 0. The van der Waals surface area contributed by atoms with Crippen LogP contribution in [0.25, 0.3) is 0 Å². The van der Waals surface area contributed by atoms with Crippen LogP contribution in [-0.4, -0.2) is 24.3 Å². The normalized spacial score (nSPS) is 49.7. The van der Waals surface area contributed by atoms with Crippen molar-refractivity contribution in [1.82, 2.24) is 5.32 Å². The van der Waals surface area contributed by atoms with Gasteiger partial charge in [-0.15, -0.1) is 0 Å². The van der Waals surface area contributed by atoms with Crippen molar-refractivity contribution >= 4 is 0 Å². The van der Waals surface area contributed by atoms with Gasteiger partial charge in [-0.3, -0.25) is 0 Å². The number of aliphatic hydroxyl groups is 1. The molecule has 2 fully saturated rings. The fourth-order valence-corrected chi connectivity index (χ4v) is 2.05. The van der Waals surface area contributed by atoms with Crippen LogP contribution in [0.4, 0.5) is 0 Å². The first-order chi connectivity index (χ1) is 4.38. The number of fused-ring (bicyclic) bond motifs is 2. The van der Waals surface area contributed by atoms with Gasteiger partial charge in [-0.2, -0.15) is 0 Å². The Hall–Kier alpha value is -0.0800. The van der Waals surface area contributed by atoms with Crippen LogP contribution in [0.1, 0.15) is 12.8 Å². The smallest absolute Gasteiger partial charge is 0.0620 e. The van der Waals surface area contributed by atoms with Crippen molar-refractivity contribution in [1.29, 1.82) is 0 Å². The standard InChI is InChI=1S/C7H13NO/c9-7-5-1-2-6(7)4-8-3-5/h5-9H,1-4H2/t5-,6+,7+. The molecule has 0 aromatic rings. The molecule has 0 spiro atoms. The molecule has 0 aromatic heterocycles. The van der Waals surface area contributed by atoms with Crippen LogP contribution in [0.15, 0.2) is 0 Å². The molecule has 2 rings (SSSR count). The Kier molecular flexibility index (Phi) is 1.24. The lowest BCUT2D eigenvalue weighted by molar-refractivity contribution is 0.0700. The molecule has 1 saturated carbocycles. The van der Waals surface area contributed by atoms with Gasteiger partial charge in [0.2, 0.25) is 0 Å². The largest absolute Gasteiger partial charge is 0.392 e. The second-order valence-electron chi connectivity index (χ2n) is 3.25. The summed E-state index contributed by atoms with van der Waals surface area (Å²) in [6.45, 7) is 2.08. The van der Waals surface area contributed by atoms with E-state index in [1.54, 1.807) is 0 Å². The maximum Gasteiger partial charge on any atom is 0.0620 e. The minimum atomic E-state index is 0.0197. The van der Waals surface area contributed by atoms with Gasteiger partial charge in [0.05, 0.1) is 6.10 Å². The van der Waals surface area contributed by atoms with E-state index in [2.05, 4.69) is 5.32 Å². The third-order valence-corrected chi connectivity index (χ3v) is 2.69. The maximum atomic E-state index is 9.47. The summed E-state index contributed by atoms with van der Waals surface area (Å²) in [5.41, 5.74) is 0. The second-order valence-corrected chi connectivity index (χ2v) is 3.25. The number of piperidine rings is 1. The van der Waals surface area contributed by atoms with Crippen LogP contribution in [0.2, 0.25) is 0 Å². The highest BCUT2D eigenvalue weighted by molar-refractivity contribution is 4.90. The third kappa shape index (κ3) is 0.775. The number of hydrogen-bond acceptors (Lipinski definition) is 2. The van der Waals surface area contributed by atoms with Crippen LogP contribution in [0.5, 0.6) is 0 Å². The third-order valence-electron chi connectivity index (χ3n) is 2.69. The molecule has 9 heavy (non-hydrogen) atoms. The average Bonchev–Trinajstić information content (AvgIpc) is 2.19. The molecule has 3 atom stereocenters. The van der Waals surface area contributed by atoms with Gasteiger partial charge in [-0.05, 0) is 24.7 Å². The van der Waals surface area contributed by atoms with Crippen molar-refractivity contribution in [3.63, 3.8) is 0 Å². The van der Waals surface area contributed by atoms with Gasteiger partial charge in [-0.25, -0.2) is 0 Å². The quantitative estimate of drug-likeness (QED) is 0.479. The molecule has 0 amide bonds. The predicted octanol–water partition coefficient (Wildman–Crippen LogP) is -0.0233. The highest BCUT2D eigenvalue weighted by atomic mass is 16.3. The molecule has 0 aromatic carbocycles. The van der Waals surface area contributed by atoms with Crippen molar-refractivity contribution in [2.45, 2.75) is 18.9 Å². The molecule has 1 aliphatic heterocycles. The van der Waals surface area contributed by atoms with Gasteiger partial charge in [0.1, 0.15) is 0 Å². The van der Waals surface area contributed by atoms with E-state index >= 15 is 0 Å². The minimum Gasteiger partial charge on any atom is -0.392 e. The minimum absolute atomic E-state index is 0.0197. The van der Waals surface area contributed by atoms with E-state index in [9.17, 15) is 5.11 Å². The zero-order valence-electron chi connectivity index (χ0n) is 5.51. The molecule has 2 N–H and O–H groups in total. The summed E-state index contributed by atoms with van der Waals surface area (Å²) in [4.78, 5) is 0. The zero-order valence-corrected chi connectivity index (χ0v) is 5.51. The molecule has 1 aliphatic carbocycles. The fourth-order valence-electron chi connectivity index (χ4n) is 2.05. The van der Waals surface area contributed by atoms with Crippen LogP contribution in [0.3, 0.4) is 0 Å². The Balaban J connectivity index is 2.10. The SMILES string of the molecule is O[C@H]1[C@@H]2CC[C@H]1CNC2. The Labute approximate surface area is 55.3 Å². The van der Waals surface area contributed by atoms with Gasteiger partial charge >= 0.3 is 0 Å². The van der Waals surface area contributed by atoms with Gasteiger partial charge in [0.25, 0.3) is 0 Å². The molecule has 2 bridgehead atoms. The van der Waals surface area contributed by atoms with E-state index in [1.165, 1.54) is 12.8 Å². The molecule has 0 radical (unpaired) electrons. The van der Waals surface area contributed by atoms with Crippen LogP contribution < -0.4 is 5.32 Å². The highest BCUT2D eigenvalue weighted by Crippen LogP contribution is 2.32. The molecule has 2 aliphatic rings. The fraction of sp³-hybridized carbons (Fsp3) is 1.00. The molecule has 1 saturated heterocycles. The lowest BCUT2D eigenvalue weighted by atomic mass is 9.97. The van der Waals surface area contributed by atoms with E-state index in [0.29, 0.717) is 11.8 Å². The molecule has 0 unspecified atom stereocenters. The van der Waals surface area contributed by atoms with Gasteiger partial charge in [-0.1, -0.05) is 0 Å². The van der Waals surface area contributed by atoms with Crippen molar-refractivity contribution in [3.8, 4) is 0 Å². The molecular formula is C7H13NO. The van der Waals surface area contributed by atoms with E-state index in [-0.39, 0.29) is 6.10 Å². The van der Waals surface area contributed by atoms with Crippen molar-refractivity contribution in [2.24, 2.45) is 11.8 Å². The molecule has 2 nitrogen and oxygen atoms in total. The Bertz CT molecular complexity index is 99.5. The summed E-state index contributed by atoms with van der Waals surface area (Å²) in [6.07, 6.45) is 2.49. The predicted molar refractivity (Wildman–Crippen MR) is 35.1 cm³/mol. The Morgan fingerprint density at radius 3 is 2.11 bits per heavy atom. The number of hydrogen-bond donors (Lipinski definition) is 2. The van der Waals surface area contributed by atoms with Crippen LogP contribution in [-0.2, 0) is 0 Å². The summed E-state index contributed by atoms with van der Waals surface area (Å²) in [5.74, 6) is 1.15. The first kappa shape index (κ1) is 5.69. The number of nitrogens with one attached hydrogen (secondary N) is 1. The summed E-state index contributed by atoms with van der Waals surface area (Å²) < 4.78 is 0. The molecular weight excluding hydrogens is 114 g/mol. The molecule has 2 heteroatoms. The molecule has 1 heterocycles. The summed E-state index contributed by atoms with van der Waals surface area (Å²) in [5, 5.41) is 12.8. The van der Waals surface area contributed by atoms with Crippen molar-refractivity contribution in [3.05, 3.63) is 0 Å². The Morgan fingerprint density at radius 1 is 1.11 bits per heavy atom. The van der Waals surface area contributed by atoms with E-state index in [1.807, 2.05) is 0 Å². The van der Waals surface area contributed by atoms with Gasteiger partial charge < -0.3 is 10.4 Å². The average molecular weight is 127 g/mol. The second kappa shape index (κ2) is 1.96. The summed E-state index contributed by atoms with van der Waals surface area (Å²) in [6, 6.07) is 0.